The molecule has 6 nitrogen and oxygen atoms in total. The van der Waals surface area contributed by atoms with Crippen molar-refractivity contribution in [1.82, 2.24) is 4.90 Å². The Labute approximate surface area is 170 Å². The summed E-state index contributed by atoms with van der Waals surface area (Å²) in [6.45, 7) is 0.637. The van der Waals surface area contributed by atoms with Crippen LogP contribution in [0.4, 0.5) is 17.6 Å². The number of rotatable bonds is 5. The molecule has 0 fully saturated rings. The first-order valence-electron chi connectivity index (χ1n) is 8.87. The third kappa shape index (κ3) is 5.48. The van der Waals surface area contributed by atoms with Gasteiger partial charge >= 0.3 is 6.18 Å². The van der Waals surface area contributed by atoms with Crippen LogP contribution in [-0.2, 0) is 34.0 Å². The van der Waals surface area contributed by atoms with Crippen molar-refractivity contribution < 1.29 is 35.5 Å². The minimum absolute atomic E-state index is 0.0997. The highest BCUT2D eigenvalue weighted by Gasteiger charge is 2.34. The molecule has 2 aromatic carbocycles. The Balaban J connectivity index is 1.72. The van der Waals surface area contributed by atoms with E-state index in [-0.39, 0.29) is 30.4 Å². The van der Waals surface area contributed by atoms with Gasteiger partial charge in [-0.15, -0.1) is 0 Å². The fourth-order valence-electron chi connectivity index (χ4n) is 3.12. The number of fused-ring (bicyclic) bond motifs is 1. The number of carbonyl (C=O) groups is 1. The van der Waals surface area contributed by atoms with Crippen LogP contribution in [0, 0.1) is 5.82 Å². The molecular weight excluding hydrogens is 428 g/mol. The van der Waals surface area contributed by atoms with Gasteiger partial charge in [-0.3, -0.25) is 4.79 Å². The van der Waals surface area contributed by atoms with Crippen molar-refractivity contribution in [2.75, 3.05) is 12.3 Å². The minimum Gasteiger partial charge on any atom is -0.457 e. The van der Waals surface area contributed by atoms with Crippen LogP contribution in [0.2, 0.25) is 0 Å². The molecule has 2 aromatic rings. The maximum atomic E-state index is 13.7. The summed E-state index contributed by atoms with van der Waals surface area (Å²) in [5.74, 6) is -2.07. The molecule has 2 N–H and O–H groups in total. The molecule has 1 amide bonds. The molecule has 0 saturated carbocycles. The molecule has 1 aliphatic rings. The minimum atomic E-state index is -4.80. The zero-order valence-electron chi connectivity index (χ0n) is 15.6. The Hall–Kier alpha value is -2.66. The van der Waals surface area contributed by atoms with Gasteiger partial charge in [-0.1, -0.05) is 6.07 Å². The smallest absolute Gasteiger partial charge is 0.419 e. The fraction of sp³-hybridized carbons (Fsp3) is 0.316. The van der Waals surface area contributed by atoms with E-state index in [0.717, 1.165) is 17.2 Å². The molecule has 0 saturated heterocycles. The SMILES string of the molecule is NS(=O)(=O)CCC(=O)N1CCc2ccc(Oc3ccc(C(F)(F)F)c(F)c3)cc2C1. The number of sulfonamides is 1. The number of nitrogens with two attached hydrogens (primary N) is 1. The Kier molecular flexibility index (Phi) is 6.04. The van der Waals surface area contributed by atoms with Crippen LogP contribution in [0.1, 0.15) is 23.1 Å². The molecule has 11 heteroatoms. The van der Waals surface area contributed by atoms with E-state index in [1.165, 1.54) is 4.90 Å². The third-order valence-corrected chi connectivity index (χ3v) is 5.40. The summed E-state index contributed by atoms with van der Waals surface area (Å²) in [4.78, 5) is 13.7. The van der Waals surface area contributed by atoms with Crippen molar-refractivity contribution in [1.29, 1.82) is 0 Å². The van der Waals surface area contributed by atoms with Gasteiger partial charge in [0, 0.05) is 25.6 Å². The number of nitrogens with zero attached hydrogens (tertiary/aromatic N) is 1. The van der Waals surface area contributed by atoms with Crippen LogP contribution in [0.25, 0.3) is 0 Å². The number of halogens is 4. The number of carbonyl (C=O) groups excluding carboxylic acids is 1. The Morgan fingerprint density at radius 1 is 1.10 bits per heavy atom. The van der Waals surface area contributed by atoms with Crippen molar-refractivity contribution >= 4 is 15.9 Å². The summed E-state index contributed by atoms with van der Waals surface area (Å²) in [5.41, 5.74) is 0.320. The lowest BCUT2D eigenvalue weighted by atomic mass is 9.99. The molecule has 0 spiro atoms. The maximum Gasteiger partial charge on any atom is 0.419 e. The second-order valence-electron chi connectivity index (χ2n) is 6.85. The lowest BCUT2D eigenvalue weighted by Gasteiger charge is -2.29. The molecule has 3 rings (SSSR count). The van der Waals surface area contributed by atoms with Crippen LogP contribution in [0.3, 0.4) is 0 Å². The summed E-state index contributed by atoms with van der Waals surface area (Å²) in [7, 11) is -3.74. The molecule has 162 valence electrons. The second kappa shape index (κ2) is 8.23. The van der Waals surface area contributed by atoms with E-state index >= 15 is 0 Å². The van der Waals surface area contributed by atoms with Gasteiger partial charge in [-0.25, -0.2) is 17.9 Å². The van der Waals surface area contributed by atoms with Gasteiger partial charge in [0.1, 0.15) is 17.3 Å². The summed E-state index contributed by atoms with van der Waals surface area (Å²) >= 11 is 0. The molecule has 1 heterocycles. The van der Waals surface area contributed by atoms with E-state index in [4.69, 9.17) is 9.88 Å². The molecule has 0 aromatic heterocycles. The lowest BCUT2D eigenvalue weighted by Crippen LogP contribution is -2.37. The number of amides is 1. The zero-order valence-corrected chi connectivity index (χ0v) is 16.4. The molecule has 0 unspecified atom stereocenters. The predicted octanol–water partition coefficient (Wildman–Crippen LogP) is 3.20. The van der Waals surface area contributed by atoms with Gasteiger partial charge < -0.3 is 9.64 Å². The second-order valence-corrected chi connectivity index (χ2v) is 8.59. The van der Waals surface area contributed by atoms with Crippen molar-refractivity contribution in [2.24, 2.45) is 5.14 Å². The normalized spacial score (nSPS) is 14.4. The van der Waals surface area contributed by atoms with E-state index in [9.17, 15) is 30.8 Å². The average molecular weight is 446 g/mol. The number of primary sulfonamides is 1. The van der Waals surface area contributed by atoms with Crippen LogP contribution in [0.5, 0.6) is 11.5 Å². The monoisotopic (exact) mass is 446 g/mol. The van der Waals surface area contributed by atoms with Gasteiger partial charge in [-0.2, -0.15) is 13.2 Å². The quantitative estimate of drug-likeness (QED) is 0.715. The van der Waals surface area contributed by atoms with Crippen LogP contribution >= 0.6 is 0 Å². The number of ether oxygens (including phenoxy) is 1. The highest BCUT2D eigenvalue weighted by atomic mass is 32.2. The highest BCUT2D eigenvalue weighted by molar-refractivity contribution is 7.89. The van der Waals surface area contributed by atoms with E-state index in [1.807, 2.05) is 0 Å². The first kappa shape index (κ1) is 22.0. The predicted molar refractivity (Wildman–Crippen MR) is 99.6 cm³/mol. The van der Waals surface area contributed by atoms with Crippen molar-refractivity contribution in [3.8, 4) is 11.5 Å². The largest absolute Gasteiger partial charge is 0.457 e. The number of alkyl halides is 3. The van der Waals surface area contributed by atoms with Gasteiger partial charge in [0.15, 0.2) is 0 Å². The van der Waals surface area contributed by atoms with E-state index < -0.39 is 33.3 Å². The third-order valence-electron chi connectivity index (χ3n) is 4.62. The summed E-state index contributed by atoms with van der Waals surface area (Å²) in [5, 5.41) is 4.92. The van der Waals surface area contributed by atoms with E-state index in [2.05, 4.69) is 0 Å². The Bertz CT molecular complexity index is 1070. The van der Waals surface area contributed by atoms with Gasteiger partial charge in [0.2, 0.25) is 15.9 Å². The van der Waals surface area contributed by atoms with Crippen LogP contribution in [-0.4, -0.2) is 31.5 Å². The van der Waals surface area contributed by atoms with E-state index in [1.54, 1.807) is 18.2 Å². The lowest BCUT2D eigenvalue weighted by molar-refractivity contribution is -0.140. The molecule has 1 aliphatic heterocycles. The van der Waals surface area contributed by atoms with Crippen molar-refractivity contribution in [3.63, 3.8) is 0 Å². The molecule has 0 atom stereocenters. The Morgan fingerprint density at radius 3 is 2.40 bits per heavy atom. The summed E-state index contributed by atoms with van der Waals surface area (Å²) in [6, 6.07) is 7.27. The molecule has 30 heavy (non-hydrogen) atoms. The number of benzene rings is 2. The molecule has 0 bridgehead atoms. The summed E-state index contributed by atoms with van der Waals surface area (Å²) < 4.78 is 79.3. The standard InChI is InChI=1S/C19H18F4N2O4S/c20-17-10-15(3-4-16(17)19(21,22)23)29-14-2-1-12-5-7-25(11-13(12)9-14)18(26)6-8-30(24,27)28/h1-4,9-10H,5-8,11H2,(H2,24,27,28). The molecule has 0 radical (unpaired) electrons. The van der Waals surface area contributed by atoms with E-state index in [0.29, 0.717) is 25.1 Å². The van der Waals surface area contributed by atoms with Crippen molar-refractivity contribution in [3.05, 3.63) is 58.9 Å². The van der Waals surface area contributed by atoms with Crippen LogP contribution in [0.15, 0.2) is 36.4 Å². The number of hydrogen-bond donors (Lipinski definition) is 1. The number of hydrogen-bond acceptors (Lipinski definition) is 4. The Morgan fingerprint density at radius 2 is 1.77 bits per heavy atom. The maximum absolute atomic E-state index is 13.7. The van der Waals surface area contributed by atoms with Gasteiger partial charge in [0.05, 0.1) is 11.3 Å². The first-order valence-corrected chi connectivity index (χ1v) is 10.6. The zero-order chi connectivity index (χ0) is 22.1. The topological polar surface area (TPSA) is 89.7 Å². The van der Waals surface area contributed by atoms with Crippen LogP contribution < -0.4 is 9.88 Å². The first-order chi connectivity index (χ1) is 13.9. The van der Waals surface area contributed by atoms with Gasteiger partial charge in [-0.05, 0) is 41.8 Å². The molecule has 0 aliphatic carbocycles. The fourth-order valence-corrected chi connectivity index (χ4v) is 3.58. The summed E-state index contributed by atoms with van der Waals surface area (Å²) in [6.07, 6.45) is -4.48. The highest BCUT2D eigenvalue weighted by Crippen LogP contribution is 2.34. The van der Waals surface area contributed by atoms with Crippen molar-refractivity contribution in [2.45, 2.75) is 25.6 Å². The van der Waals surface area contributed by atoms with Gasteiger partial charge in [0.25, 0.3) is 0 Å². The average Bonchev–Trinajstić information content (AvgIpc) is 2.64. The molecular formula is C19H18F4N2O4S.